The summed E-state index contributed by atoms with van der Waals surface area (Å²) in [5.74, 6) is 3.09. The highest BCUT2D eigenvalue weighted by Gasteiger charge is 2.05. The third-order valence-corrected chi connectivity index (χ3v) is 3.54. The molecular formula is C18H27IN4O2. The molecule has 138 valence electrons. The van der Waals surface area contributed by atoms with Gasteiger partial charge < -0.3 is 19.8 Å². The molecule has 0 atom stereocenters. The van der Waals surface area contributed by atoms with Crippen LogP contribution in [0.15, 0.2) is 33.7 Å². The number of hydrogen-bond donors (Lipinski definition) is 2. The Morgan fingerprint density at radius 3 is 2.60 bits per heavy atom. The van der Waals surface area contributed by atoms with E-state index in [1.807, 2.05) is 52.0 Å². The zero-order chi connectivity index (χ0) is 17.4. The van der Waals surface area contributed by atoms with Gasteiger partial charge in [-0.2, -0.15) is 0 Å². The lowest BCUT2D eigenvalue weighted by Crippen LogP contribution is -2.39. The quantitative estimate of drug-likeness (QED) is 0.288. The van der Waals surface area contributed by atoms with Crippen LogP contribution in [0, 0.1) is 20.8 Å². The number of aryl methyl sites for hydroxylation is 3. The largest absolute Gasteiger partial charge is 0.491 e. The van der Waals surface area contributed by atoms with Crippen molar-refractivity contribution in [3.63, 3.8) is 0 Å². The number of para-hydroxylation sites is 1. The predicted molar refractivity (Wildman–Crippen MR) is 111 cm³/mol. The molecule has 25 heavy (non-hydrogen) atoms. The number of hydrogen-bond acceptors (Lipinski definition) is 4. The number of ether oxygens (including phenoxy) is 1. The van der Waals surface area contributed by atoms with Crippen molar-refractivity contribution in [1.29, 1.82) is 0 Å². The molecule has 1 aromatic heterocycles. The minimum absolute atomic E-state index is 0. The van der Waals surface area contributed by atoms with Crippen molar-refractivity contribution in [3.05, 3.63) is 47.2 Å². The number of halogens is 1. The fourth-order valence-electron chi connectivity index (χ4n) is 2.14. The van der Waals surface area contributed by atoms with Gasteiger partial charge in [0.1, 0.15) is 24.7 Å². The lowest BCUT2D eigenvalue weighted by Gasteiger charge is -2.12. The van der Waals surface area contributed by atoms with Gasteiger partial charge in [-0.05, 0) is 39.3 Å². The second-order valence-corrected chi connectivity index (χ2v) is 5.49. The highest BCUT2D eigenvalue weighted by molar-refractivity contribution is 14.0. The van der Waals surface area contributed by atoms with E-state index >= 15 is 0 Å². The summed E-state index contributed by atoms with van der Waals surface area (Å²) in [6.45, 7) is 10.3. The van der Waals surface area contributed by atoms with Crippen molar-refractivity contribution in [1.82, 2.24) is 15.6 Å². The molecule has 1 heterocycles. The Bertz CT molecular complexity index is 666. The van der Waals surface area contributed by atoms with E-state index in [1.54, 1.807) is 0 Å². The average Bonchev–Trinajstić information content (AvgIpc) is 2.89. The summed E-state index contributed by atoms with van der Waals surface area (Å²) in [4.78, 5) is 8.82. The molecule has 0 amide bonds. The summed E-state index contributed by atoms with van der Waals surface area (Å²) in [6.07, 6.45) is 0. The van der Waals surface area contributed by atoms with Gasteiger partial charge >= 0.3 is 0 Å². The van der Waals surface area contributed by atoms with E-state index in [0.29, 0.717) is 25.6 Å². The Labute approximate surface area is 166 Å². The maximum absolute atomic E-state index is 5.77. The van der Waals surface area contributed by atoms with Gasteiger partial charge in [0.2, 0.25) is 5.89 Å². The monoisotopic (exact) mass is 458 g/mol. The van der Waals surface area contributed by atoms with Crippen molar-refractivity contribution in [3.8, 4) is 5.75 Å². The number of rotatable bonds is 7. The van der Waals surface area contributed by atoms with Crippen molar-refractivity contribution < 1.29 is 9.15 Å². The molecule has 0 saturated carbocycles. The summed E-state index contributed by atoms with van der Waals surface area (Å²) in [5.41, 5.74) is 2.04. The van der Waals surface area contributed by atoms with Crippen molar-refractivity contribution in [2.45, 2.75) is 34.2 Å². The van der Waals surface area contributed by atoms with Crippen LogP contribution in [0.2, 0.25) is 0 Å². The van der Waals surface area contributed by atoms with Gasteiger partial charge in [-0.25, -0.2) is 9.98 Å². The zero-order valence-electron chi connectivity index (χ0n) is 15.3. The molecule has 0 aliphatic carbocycles. The topological polar surface area (TPSA) is 71.7 Å². The first-order valence-corrected chi connectivity index (χ1v) is 8.23. The van der Waals surface area contributed by atoms with E-state index in [1.165, 1.54) is 0 Å². The molecule has 6 nitrogen and oxygen atoms in total. The number of guanidine groups is 1. The van der Waals surface area contributed by atoms with Gasteiger partial charge in [0.05, 0.1) is 12.2 Å². The second kappa shape index (κ2) is 11.0. The Morgan fingerprint density at radius 1 is 1.20 bits per heavy atom. The number of aliphatic imine (C=N–C) groups is 1. The molecule has 0 aliphatic heterocycles. The minimum Gasteiger partial charge on any atom is -0.491 e. The van der Waals surface area contributed by atoms with Crippen molar-refractivity contribution in [2.75, 3.05) is 19.7 Å². The maximum Gasteiger partial charge on any atom is 0.216 e. The molecule has 2 N–H and O–H groups in total. The molecule has 0 radical (unpaired) electrons. The third kappa shape index (κ3) is 6.93. The van der Waals surface area contributed by atoms with Crippen LogP contribution in [0.25, 0.3) is 0 Å². The number of oxazole rings is 1. The molecule has 0 fully saturated rings. The molecule has 0 spiro atoms. The number of nitrogens with one attached hydrogen (secondary N) is 2. The molecule has 0 unspecified atom stereocenters. The van der Waals surface area contributed by atoms with Crippen LogP contribution in [0.3, 0.4) is 0 Å². The molecular weight excluding hydrogens is 431 g/mol. The Morgan fingerprint density at radius 2 is 1.96 bits per heavy atom. The second-order valence-electron chi connectivity index (χ2n) is 5.49. The summed E-state index contributed by atoms with van der Waals surface area (Å²) in [7, 11) is 0. The fraction of sp³-hybridized carbons (Fsp3) is 0.444. The SMILES string of the molecule is CCNC(=NCc1nc(C)c(C)o1)NCCOc1ccccc1C.I. The number of nitrogens with zero attached hydrogens (tertiary/aromatic N) is 2. The van der Waals surface area contributed by atoms with E-state index in [4.69, 9.17) is 9.15 Å². The van der Waals surface area contributed by atoms with E-state index in [2.05, 4.69) is 20.6 Å². The third-order valence-electron chi connectivity index (χ3n) is 3.54. The van der Waals surface area contributed by atoms with Gasteiger partial charge in [-0.15, -0.1) is 24.0 Å². The summed E-state index contributed by atoms with van der Waals surface area (Å²) >= 11 is 0. The van der Waals surface area contributed by atoms with Gasteiger partial charge in [0.25, 0.3) is 0 Å². The highest BCUT2D eigenvalue weighted by Crippen LogP contribution is 2.15. The Kier molecular flexibility index (Phi) is 9.33. The van der Waals surface area contributed by atoms with Gasteiger partial charge in [-0.1, -0.05) is 18.2 Å². The number of aromatic nitrogens is 1. The van der Waals surface area contributed by atoms with Gasteiger partial charge in [0, 0.05) is 6.54 Å². The van der Waals surface area contributed by atoms with Crippen LogP contribution >= 0.6 is 24.0 Å². The summed E-state index contributed by atoms with van der Waals surface area (Å²) in [5, 5.41) is 6.44. The van der Waals surface area contributed by atoms with Crippen LogP contribution in [-0.2, 0) is 6.54 Å². The fourth-order valence-corrected chi connectivity index (χ4v) is 2.14. The molecule has 7 heteroatoms. The molecule has 0 aliphatic rings. The van der Waals surface area contributed by atoms with Gasteiger partial charge in [0.15, 0.2) is 5.96 Å². The standard InChI is InChI=1S/C18H26N4O2.HI/c1-5-19-18(21-12-17-22-14(3)15(4)24-17)20-10-11-23-16-9-7-6-8-13(16)2;/h6-9H,5,10-12H2,1-4H3,(H2,19,20,21);1H. The first-order valence-electron chi connectivity index (χ1n) is 8.23. The molecule has 2 aromatic rings. The summed E-state index contributed by atoms with van der Waals surface area (Å²) < 4.78 is 11.3. The van der Waals surface area contributed by atoms with Crippen LogP contribution < -0.4 is 15.4 Å². The van der Waals surface area contributed by atoms with E-state index < -0.39 is 0 Å². The van der Waals surface area contributed by atoms with Crippen LogP contribution in [0.1, 0.15) is 29.8 Å². The van der Waals surface area contributed by atoms with E-state index in [9.17, 15) is 0 Å². The number of benzene rings is 1. The zero-order valence-corrected chi connectivity index (χ0v) is 17.6. The van der Waals surface area contributed by atoms with Crippen LogP contribution in [0.5, 0.6) is 5.75 Å². The van der Waals surface area contributed by atoms with Crippen LogP contribution in [0.4, 0.5) is 0 Å². The minimum atomic E-state index is 0. The lowest BCUT2D eigenvalue weighted by molar-refractivity contribution is 0.320. The highest BCUT2D eigenvalue weighted by atomic mass is 127. The van der Waals surface area contributed by atoms with Gasteiger partial charge in [-0.3, -0.25) is 0 Å². The van der Waals surface area contributed by atoms with E-state index in [-0.39, 0.29) is 24.0 Å². The molecule has 1 aromatic carbocycles. The van der Waals surface area contributed by atoms with Crippen molar-refractivity contribution >= 4 is 29.9 Å². The van der Waals surface area contributed by atoms with Crippen LogP contribution in [-0.4, -0.2) is 30.6 Å². The first kappa shape index (κ1) is 21.3. The smallest absolute Gasteiger partial charge is 0.216 e. The normalized spacial score (nSPS) is 11.0. The molecule has 0 bridgehead atoms. The predicted octanol–water partition coefficient (Wildman–Crippen LogP) is 3.35. The Balaban J connectivity index is 0.00000312. The van der Waals surface area contributed by atoms with E-state index in [0.717, 1.165) is 35.3 Å². The maximum atomic E-state index is 5.77. The molecule has 2 rings (SSSR count). The first-order chi connectivity index (χ1) is 11.6. The summed E-state index contributed by atoms with van der Waals surface area (Å²) in [6, 6.07) is 7.99. The average molecular weight is 458 g/mol. The molecule has 0 saturated heterocycles. The van der Waals surface area contributed by atoms with Crippen molar-refractivity contribution in [2.24, 2.45) is 4.99 Å². The lowest BCUT2D eigenvalue weighted by atomic mass is 10.2. The Hall–Kier alpha value is -1.77.